The Morgan fingerprint density at radius 1 is 1.17 bits per heavy atom. The second kappa shape index (κ2) is 5.99. The fraction of sp³-hybridized carbons (Fsp3) is 0.278. The largest absolute Gasteiger partial charge is 0.497 e. The molecule has 2 aliphatic heterocycles. The van der Waals surface area contributed by atoms with Crippen molar-refractivity contribution in [2.75, 3.05) is 30.9 Å². The first-order chi connectivity index (χ1) is 11.6. The zero-order valence-electron chi connectivity index (χ0n) is 13.3. The first kappa shape index (κ1) is 15.8. The molecule has 2 aromatic rings. The molecule has 2 aromatic carbocycles. The Kier molecular flexibility index (Phi) is 3.95. The van der Waals surface area contributed by atoms with Crippen molar-refractivity contribution in [2.45, 2.75) is 5.72 Å². The van der Waals surface area contributed by atoms with Gasteiger partial charge in [0.05, 0.1) is 13.7 Å². The number of halogens is 1. The number of nitrogens with zero attached hydrogens (tertiary/aromatic N) is 2. The molecule has 6 heteroatoms. The van der Waals surface area contributed by atoms with Gasteiger partial charge in [-0.15, -0.1) is 0 Å². The lowest BCUT2D eigenvalue weighted by atomic mass is 10.0. The van der Waals surface area contributed by atoms with Gasteiger partial charge in [-0.2, -0.15) is 0 Å². The van der Waals surface area contributed by atoms with Crippen LogP contribution in [0.1, 0.15) is 5.56 Å². The van der Waals surface area contributed by atoms with Crippen molar-refractivity contribution in [3.8, 4) is 5.75 Å². The minimum absolute atomic E-state index is 0.489. The molecule has 0 bridgehead atoms. The fourth-order valence-corrected chi connectivity index (χ4v) is 4.58. The van der Waals surface area contributed by atoms with Crippen molar-refractivity contribution in [1.29, 1.82) is 0 Å². The molecule has 0 amide bonds. The first-order valence-corrected chi connectivity index (χ1v) is 9.15. The summed E-state index contributed by atoms with van der Waals surface area (Å²) in [5.41, 5.74) is 0.876. The van der Waals surface area contributed by atoms with Gasteiger partial charge in [0.2, 0.25) is 0 Å². The lowest BCUT2D eigenvalue weighted by Gasteiger charge is -2.23. The van der Waals surface area contributed by atoms with Crippen molar-refractivity contribution in [3.63, 3.8) is 0 Å². The summed E-state index contributed by atoms with van der Waals surface area (Å²) in [5, 5.41) is 13.2. The quantitative estimate of drug-likeness (QED) is 0.852. The number of thioether (sulfide) groups is 1. The van der Waals surface area contributed by atoms with Gasteiger partial charge in [0.15, 0.2) is 6.54 Å². The fourth-order valence-electron chi connectivity index (χ4n) is 3.27. The molecule has 1 unspecified atom stereocenters. The Bertz CT molecular complexity index is 792. The maximum Gasteiger partial charge on any atom is 0.316 e. The number of β-amino-alcohol motifs (C(OH)–C–C–N with tert-alkyl or cyclic N) is 1. The molecule has 0 fully saturated rings. The number of methoxy groups -OCH3 is 1. The number of hydrogen-bond donors (Lipinski definition) is 1. The number of amidine groups is 1. The molecule has 0 aromatic heterocycles. The van der Waals surface area contributed by atoms with Crippen LogP contribution in [-0.2, 0) is 5.72 Å². The molecule has 1 atom stereocenters. The molecular formula is C18H18ClN2O2S+. The standard InChI is InChI=1S/C18H18ClN2O2S/c1-23-16-8-6-15(7-9-16)20-12-18(22,21-10-11-24-17(20)21)13-2-4-14(19)5-3-13/h2-9,22H,10-12H2,1H3/q+1. The molecule has 0 radical (unpaired) electrons. The van der Waals surface area contributed by atoms with Crippen LogP contribution in [-0.4, -0.2) is 40.8 Å². The van der Waals surface area contributed by atoms with E-state index in [0.717, 1.165) is 34.5 Å². The van der Waals surface area contributed by atoms with E-state index in [1.807, 2.05) is 48.5 Å². The number of benzene rings is 2. The maximum atomic E-state index is 11.4. The Labute approximate surface area is 150 Å². The summed E-state index contributed by atoms with van der Waals surface area (Å²) in [6.45, 7) is 1.31. The van der Waals surface area contributed by atoms with Gasteiger partial charge in [-0.05, 0) is 48.2 Å². The number of ether oxygens (including phenoxy) is 1. The van der Waals surface area contributed by atoms with Gasteiger partial charge >= 0.3 is 5.17 Å². The third-order valence-corrected chi connectivity index (χ3v) is 5.86. The molecule has 0 aliphatic carbocycles. The van der Waals surface area contributed by atoms with Crippen molar-refractivity contribution in [1.82, 2.24) is 0 Å². The van der Waals surface area contributed by atoms with Gasteiger partial charge in [0, 0.05) is 16.3 Å². The van der Waals surface area contributed by atoms with Crippen LogP contribution >= 0.6 is 23.4 Å². The van der Waals surface area contributed by atoms with Crippen molar-refractivity contribution in [2.24, 2.45) is 0 Å². The minimum atomic E-state index is -1.04. The lowest BCUT2D eigenvalue weighted by molar-refractivity contribution is -0.650. The third kappa shape index (κ3) is 2.48. The van der Waals surface area contributed by atoms with E-state index in [1.54, 1.807) is 18.9 Å². The van der Waals surface area contributed by atoms with Crippen LogP contribution in [0.2, 0.25) is 5.02 Å². The van der Waals surface area contributed by atoms with E-state index in [-0.39, 0.29) is 0 Å². The molecule has 2 heterocycles. The predicted molar refractivity (Wildman–Crippen MR) is 98.3 cm³/mol. The summed E-state index contributed by atoms with van der Waals surface area (Å²) in [4.78, 5) is 2.17. The highest BCUT2D eigenvalue weighted by molar-refractivity contribution is 8.14. The predicted octanol–water partition coefficient (Wildman–Crippen LogP) is 3.13. The van der Waals surface area contributed by atoms with Crippen LogP contribution in [0.15, 0.2) is 48.5 Å². The summed E-state index contributed by atoms with van der Waals surface area (Å²) in [7, 11) is 1.66. The van der Waals surface area contributed by atoms with Crippen LogP contribution in [0, 0.1) is 0 Å². The van der Waals surface area contributed by atoms with E-state index in [1.165, 1.54) is 0 Å². The third-order valence-electron chi connectivity index (χ3n) is 4.52. The normalized spacial score (nSPS) is 22.9. The van der Waals surface area contributed by atoms with E-state index < -0.39 is 5.72 Å². The molecule has 4 rings (SSSR count). The lowest BCUT2D eigenvalue weighted by Crippen LogP contribution is -2.41. The Morgan fingerprint density at radius 2 is 1.88 bits per heavy atom. The number of anilines is 1. The first-order valence-electron chi connectivity index (χ1n) is 7.79. The monoisotopic (exact) mass is 361 g/mol. The van der Waals surface area contributed by atoms with Crippen molar-refractivity contribution >= 4 is 34.2 Å². The van der Waals surface area contributed by atoms with Crippen LogP contribution in [0.25, 0.3) is 0 Å². The van der Waals surface area contributed by atoms with Crippen LogP contribution in [0.4, 0.5) is 5.69 Å². The van der Waals surface area contributed by atoms with Gasteiger partial charge in [-0.1, -0.05) is 23.7 Å². The zero-order chi connectivity index (χ0) is 16.7. The van der Waals surface area contributed by atoms with Crippen LogP contribution in [0.3, 0.4) is 0 Å². The topological polar surface area (TPSA) is 35.7 Å². The highest BCUT2D eigenvalue weighted by atomic mass is 35.5. The molecule has 4 nitrogen and oxygen atoms in total. The van der Waals surface area contributed by atoms with Gasteiger partial charge in [-0.3, -0.25) is 0 Å². The van der Waals surface area contributed by atoms with Gasteiger partial charge < -0.3 is 9.84 Å². The van der Waals surface area contributed by atoms with Gasteiger partial charge in [0.25, 0.3) is 5.72 Å². The average molecular weight is 362 g/mol. The summed E-state index contributed by atoms with van der Waals surface area (Å²) < 4.78 is 7.33. The van der Waals surface area contributed by atoms with E-state index in [0.29, 0.717) is 11.6 Å². The molecule has 124 valence electrons. The second-order valence-electron chi connectivity index (χ2n) is 5.89. The Morgan fingerprint density at radius 3 is 2.54 bits per heavy atom. The van der Waals surface area contributed by atoms with E-state index >= 15 is 0 Å². The maximum absolute atomic E-state index is 11.4. The number of hydrogen-bond acceptors (Lipinski definition) is 4. The Hall–Kier alpha value is -1.69. The van der Waals surface area contributed by atoms with Crippen molar-refractivity contribution < 1.29 is 14.4 Å². The molecule has 24 heavy (non-hydrogen) atoms. The smallest absolute Gasteiger partial charge is 0.316 e. The summed E-state index contributed by atoms with van der Waals surface area (Å²) in [5.74, 6) is 1.80. The minimum Gasteiger partial charge on any atom is -0.497 e. The molecule has 1 N–H and O–H groups in total. The molecule has 0 saturated carbocycles. The van der Waals surface area contributed by atoms with Crippen LogP contribution < -0.4 is 9.64 Å². The van der Waals surface area contributed by atoms with Crippen molar-refractivity contribution in [3.05, 3.63) is 59.1 Å². The molecule has 0 saturated heterocycles. The SMILES string of the molecule is COc1ccc(N2CC(O)(c3ccc(Cl)cc3)[N+]3=C2SCC3)cc1. The summed E-state index contributed by atoms with van der Waals surface area (Å²) >= 11 is 7.78. The van der Waals surface area contributed by atoms with Gasteiger partial charge in [-0.25, -0.2) is 9.48 Å². The number of rotatable bonds is 3. The van der Waals surface area contributed by atoms with E-state index in [4.69, 9.17) is 16.3 Å². The highest BCUT2D eigenvalue weighted by Gasteiger charge is 2.54. The molecule has 2 aliphatic rings. The second-order valence-corrected chi connectivity index (χ2v) is 7.39. The summed E-state index contributed by atoms with van der Waals surface area (Å²) in [6, 6.07) is 15.4. The van der Waals surface area contributed by atoms with E-state index in [2.05, 4.69) is 9.48 Å². The summed E-state index contributed by atoms with van der Waals surface area (Å²) in [6.07, 6.45) is 0. The average Bonchev–Trinajstić information content (AvgIpc) is 3.19. The molecule has 0 spiro atoms. The zero-order valence-corrected chi connectivity index (χ0v) is 14.8. The highest BCUT2D eigenvalue weighted by Crippen LogP contribution is 2.38. The van der Waals surface area contributed by atoms with Crippen LogP contribution in [0.5, 0.6) is 5.75 Å². The molecular weight excluding hydrogens is 344 g/mol. The number of aliphatic hydroxyl groups is 1. The van der Waals surface area contributed by atoms with E-state index in [9.17, 15) is 5.11 Å². The van der Waals surface area contributed by atoms with Gasteiger partial charge in [0.1, 0.15) is 11.4 Å². The Balaban J connectivity index is 1.73.